The summed E-state index contributed by atoms with van der Waals surface area (Å²) < 4.78 is 5.12. The molecule has 0 saturated carbocycles. The van der Waals surface area contributed by atoms with Crippen LogP contribution in [0.5, 0.6) is 5.75 Å². The maximum absolute atomic E-state index is 12.8. The van der Waals surface area contributed by atoms with Crippen molar-refractivity contribution in [2.45, 2.75) is 12.8 Å². The first kappa shape index (κ1) is 20.4. The molecule has 1 aliphatic rings. The van der Waals surface area contributed by atoms with Crippen molar-refractivity contribution in [2.24, 2.45) is 0 Å². The number of carbonyl (C=O) groups excluding carboxylic acids is 2. The molecule has 0 spiro atoms. The molecule has 2 heterocycles. The van der Waals surface area contributed by atoms with Gasteiger partial charge in [0.2, 0.25) is 0 Å². The van der Waals surface area contributed by atoms with Crippen molar-refractivity contribution in [3.8, 4) is 5.75 Å². The van der Waals surface area contributed by atoms with Crippen LogP contribution >= 0.6 is 0 Å². The summed E-state index contributed by atoms with van der Waals surface area (Å²) in [7, 11) is 1.59. The van der Waals surface area contributed by atoms with E-state index in [0.717, 1.165) is 31.7 Å². The normalized spacial score (nSPS) is 13.0. The van der Waals surface area contributed by atoms with Gasteiger partial charge in [0, 0.05) is 36.2 Å². The molecule has 7 nitrogen and oxygen atoms in total. The Morgan fingerprint density at radius 2 is 1.48 bits per heavy atom. The minimum Gasteiger partial charge on any atom is -0.497 e. The SMILES string of the molecule is COc1ccc(NC(=O)c2ccc(NC(=O)c3cccnc3N3CCCC3)cc2)cc1. The summed E-state index contributed by atoms with van der Waals surface area (Å²) in [4.78, 5) is 31.9. The van der Waals surface area contributed by atoms with Crippen LogP contribution in [0.3, 0.4) is 0 Å². The van der Waals surface area contributed by atoms with Gasteiger partial charge in [-0.1, -0.05) is 0 Å². The Morgan fingerprint density at radius 3 is 2.13 bits per heavy atom. The molecule has 1 fully saturated rings. The fraction of sp³-hybridized carbons (Fsp3) is 0.208. The van der Waals surface area contributed by atoms with E-state index in [1.807, 2.05) is 0 Å². The van der Waals surface area contributed by atoms with Crippen LogP contribution in [0.1, 0.15) is 33.6 Å². The van der Waals surface area contributed by atoms with Gasteiger partial charge in [0.05, 0.1) is 12.7 Å². The molecule has 2 amide bonds. The van der Waals surface area contributed by atoms with Gasteiger partial charge in [-0.15, -0.1) is 0 Å². The van der Waals surface area contributed by atoms with Gasteiger partial charge < -0.3 is 20.3 Å². The van der Waals surface area contributed by atoms with E-state index in [1.54, 1.807) is 74.0 Å². The second-order valence-electron chi connectivity index (χ2n) is 7.28. The molecule has 2 aromatic carbocycles. The van der Waals surface area contributed by atoms with Crippen LogP contribution in [0.25, 0.3) is 0 Å². The van der Waals surface area contributed by atoms with E-state index in [0.29, 0.717) is 28.3 Å². The molecule has 7 heteroatoms. The lowest BCUT2D eigenvalue weighted by Crippen LogP contribution is -2.24. The molecule has 4 rings (SSSR count). The molecular weight excluding hydrogens is 392 g/mol. The molecule has 3 aromatic rings. The van der Waals surface area contributed by atoms with Crippen molar-refractivity contribution in [2.75, 3.05) is 35.7 Å². The molecule has 0 bridgehead atoms. The lowest BCUT2D eigenvalue weighted by Gasteiger charge is -2.19. The van der Waals surface area contributed by atoms with Crippen LogP contribution in [0, 0.1) is 0 Å². The molecule has 1 aliphatic heterocycles. The molecule has 2 N–H and O–H groups in total. The lowest BCUT2D eigenvalue weighted by atomic mass is 10.1. The molecule has 1 aromatic heterocycles. The number of benzene rings is 2. The molecule has 0 aliphatic carbocycles. The van der Waals surface area contributed by atoms with Gasteiger partial charge in [-0.2, -0.15) is 0 Å². The summed E-state index contributed by atoms with van der Waals surface area (Å²) >= 11 is 0. The summed E-state index contributed by atoms with van der Waals surface area (Å²) in [6.07, 6.45) is 3.93. The zero-order valence-corrected chi connectivity index (χ0v) is 17.3. The van der Waals surface area contributed by atoms with E-state index >= 15 is 0 Å². The molecule has 31 heavy (non-hydrogen) atoms. The zero-order chi connectivity index (χ0) is 21.6. The van der Waals surface area contributed by atoms with E-state index in [1.165, 1.54) is 0 Å². The second-order valence-corrected chi connectivity index (χ2v) is 7.28. The number of aromatic nitrogens is 1. The summed E-state index contributed by atoms with van der Waals surface area (Å²) in [5.41, 5.74) is 2.33. The summed E-state index contributed by atoms with van der Waals surface area (Å²) in [5, 5.41) is 5.74. The average molecular weight is 416 g/mol. The smallest absolute Gasteiger partial charge is 0.259 e. The quantitative estimate of drug-likeness (QED) is 0.629. The molecule has 0 unspecified atom stereocenters. The van der Waals surface area contributed by atoms with Crippen LogP contribution in [-0.4, -0.2) is 37.0 Å². The number of anilines is 3. The number of hydrogen-bond acceptors (Lipinski definition) is 5. The summed E-state index contributed by atoms with van der Waals surface area (Å²) in [6.45, 7) is 1.82. The highest BCUT2D eigenvalue weighted by molar-refractivity contribution is 6.08. The average Bonchev–Trinajstić information content (AvgIpc) is 3.35. The van der Waals surface area contributed by atoms with Crippen molar-refractivity contribution >= 4 is 29.0 Å². The topological polar surface area (TPSA) is 83.6 Å². The number of amides is 2. The van der Waals surface area contributed by atoms with Crippen LogP contribution in [0.15, 0.2) is 66.9 Å². The third-order valence-corrected chi connectivity index (χ3v) is 5.19. The van der Waals surface area contributed by atoms with Crippen molar-refractivity contribution in [3.63, 3.8) is 0 Å². The third-order valence-electron chi connectivity index (χ3n) is 5.19. The largest absolute Gasteiger partial charge is 0.497 e. The van der Waals surface area contributed by atoms with Gasteiger partial charge in [0.1, 0.15) is 11.6 Å². The van der Waals surface area contributed by atoms with Crippen molar-refractivity contribution in [1.82, 2.24) is 4.98 Å². The Labute approximate surface area is 181 Å². The van der Waals surface area contributed by atoms with Gasteiger partial charge in [0.25, 0.3) is 11.8 Å². The Hall–Kier alpha value is -3.87. The van der Waals surface area contributed by atoms with Gasteiger partial charge >= 0.3 is 0 Å². The Kier molecular flexibility index (Phi) is 6.12. The predicted molar refractivity (Wildman–Crippen MR) is 121 cm³/mol. The van der Waals surface area contributed by atoms with E-state index < -0.39 is 0 Å². The predicted octanol–water partition coefficient (Wildman–Crippen LogP) is 4.20. The third kappa shape index (κ3) is 4.83. The molecule has 158 valence electrons. The van der Waals surface area contributed by atoms with Gasteiger partial charge in [-0.3, -0.25) is 9.59 Å². The first-order valence-corrected chi connectivity index (χ1v) is 10.2. The number of rotatable bonds is 6. The minimum absolute atomic E-state index is 0.217. The van der Waals surface area contributed by atoms with E-state index in [2.05, 4.69) is 20.5 Å². The number of carbonyl (C=O) groups is 2. The summed E-state index contributed by atoms with van der Waals surface area (Å²) in [6, 6.07) is 17.5. The van der Waals surface area contributed by atoms with Crippen molar-refractivity contribution in [1.29, 1.82) is 0 Å². The second kappa shape index (κ2) is 9.30. The van der Waals surface area contributed by atoms with E-state index in [-0.39, 0.29) is 11.8 Å². The van der Waals surface area contributed by atoms with Gasteiger partial charge in [-0.05, 0) is 73.5 Å². The first-order valence-electron chi connectivity index (χ1n) is 10.2. The number of nitrogens with zero attached hydrogens (tertiary/aromatic N) is 2. The Balaban J connectivity index is 1.41. The fourth-order valence-corrected chi connectivity index (χ4v) is 3.54. The highest BCUT2D eigenvalue weighted by Crippen LogP contribution is 2.23. The van der Waals surface area contributed by atoms with Crippen LogP contribution < -0.4 is 20.3 Å². The number of methoxy groups -OCH3 is 1. The van der Waals surface area contributed by atoms with E-state index in [4.69, 9.17) is 4.74 Å². The highest BCUT2D eigenvalue weighted by Gasteiger charge is 2.20. The van der Waals surface area contributed by atoms with Crippen LogP contribution in [-0.2, 0) is 0 Å². The molecule has 1 saturated heterocycles. The zero-order valence-electron chi connectivity index (χ0n) is 17.3. The lowest BCUT2D eigenvalue weighted by molar-refractivity contribution is 0.102. The van der Waals surface area contributed by atoms with E-state index in [9.17, 15) is 9.59 Å². The maximum atomic E-state index is 12.8. The minimum atomic E-state index is -0.230. The van der Waals surface area contributed by atoms with Crippen LogP contribution in [0.2, 0.25) is 0 Å². The van der Waals surface area contributed by atoms with Crippen LogP contribution in [0.4, 0.5) is 17.2 Å². The molecule has 0 atom stereocenters. The molecule has 0 radical (unpaired) electrons. The number of ether oxygens (including phenoxy) is 1. The monoisotopic (exact) mass is 416 g/mol. The maximum Gasteiger partial charge on any atom is 0.259 e. The Bertz CT molecular complexity index is 1060. The summed E-state index contributed by atoms with van der Waals surface area (Å²) in [5.74, 6) is 0.990. The standard InChI is InChI=1S/C24H24N4O3/c1-31-20-12-10-19(11-13-20)26-23(29)17-6-8-18(9-7-17)27-24(30)21-5-4-14-25-22(21)28-15-2-3-16-28/h4-14H,2-3,15-16H2,1H3,(H,26,29)(H,27,30). The van der Waals surface area contributed by atoms with Gasteiger partial charge in [-0.25, -0.2) is 4.98 Å². The number of pyridine rings is 1. The Morgan fingerprint density at radius 1 is 0.871 bits per heavy atom. The fourth-order valence-electron chi connectivity index (χ4n) is 3.54. The molecular formula is C24H24N4O3. The first-order chi connectivity index (χ1) is 15.1. The van der Waals surface area contributed by atoms with Crippen molar-refractivity contribution < 1.29 is 14.3 Å². The number of hydrogen-bond donors (Lipinski definition) is 2. The highest BCUT2D eigenvalue weighted by atomic mass is 16.5. The van der Waals surface area contributed by atoms with Crippen molar-refractivity contribution in [3.05, 3.63) is 78.0 Å². The van der Waals surface area contributed by atoms with Gasteiger partial charge in [0.15, 0.2) is 0 Å². The number of nitrogens with one attached hydrogen (secondary N) is 2.